The molecule has 1 amide bonds. The topological polar surface area (TPSA) is 135 Å². The number of amides is 1. The summed E-state index contributed by atoms with van der Waals surface area (Å²) in [4.78, 5) is 51.4. The van der Waals surface area contributed by atoms with E-state index in [1.807, 2.05) is 18.2 Å². The van der Waals surface area contributed by atoms with E-state index in [1.54, 1.807) is 77.4 Å². The van der Waals surface area contributed by atoms with E-state index < -0.39 is 30.4 Å². The molecular weight excluding hydrogens is 550 g/mol. The fraction of sp³-hybridized carbons (Fsp3) is 0.188. The van der Waals surface area contributed by atoms with E-state index in [0.717, 1.165) is 0 Å². The molecule has 43 heavy (non-hydrogen) atoms. The van der Waals surface area contributed by atoms with Gasteiger partial charge in [-0.2, -0.15) is 0 Å². The summed E-state index contributed by atoms with van der Waals surface area (Å²) in [6, 6.07) is 26.1. The summed E-state index contributed by atoms with van der Waals surface area (Å²) in [5.41, 5.74) is 2.10. The van der Waals surface area contributed by atoms with Crippen LogP contribution < -0.4 is 5.32 Å². The first-order valence-electron chi connectivity index (χ1n) is 13.7. The quantitative estimate of drug-likeness (QED) is 0.257. The monoisotopic (exact) mass is 577 g/mol. The second kappa shape index (κ2) is 12.6. The van der Waals surface area contributed by atoms with E-state index in [9.17, 15) is 14.4 Å². The Labute approximate surface area is 246 Å². The van der Waals surface area contributed by atoms with Crippen molar-refractivity contribution in [1.29, 1.82) is 0 Å². The van der Waals surface area contributed by atoms with E-state index >= 15 is 0 Å². The van der Waals surface area contributed by atoms with E-state index in [-0.39, 0.29) is 18.3 Å². The maximum Gasteiger partial charge on any atom is 0.338 e. The first kappa shape index (κ1) is 27.7. The van der Waals surface area contributed by atoms with Crippen molar-refractivity contribution in [2.75, 3.05) is 11.9 Å². The van der Waals surface area contributed by atoms with Gasteiger partial charge in [0.05, 0.1) is 23.6 Å². The minimum absolute atomic E-state index is 0.0520. The SMILES string of the molecule is O=C(Nc1ncnc2c1ncn2[C@@H]1C[C@H](OC(=O)c2ccccc2)C[C@@H](COC(=O)c2ccccc2)O1)c1ccccc1. The molecule has 1 saturated heterocycles. The van der Waals surface area contributed by atoms with Crippen molar-refractivity contribution < 1.29 is 28.6 Å². The van der Waals surface area contributed by atoms with Crippen LogP contribution >= 0.6 is 0 Å². The lowest BCUT2D eigenvalue weighted by Gasteiger charge is -2.35. The average Bonchev–Trinajstić information content (AvgIpc) is 3.50. The molecule has 1 aliphatic heterocycles. The molecule has 216 valence electrons. The number of carbonyl (C=O) groups is 3. The molecule has 11 nitrogen and oxygen atoms in total. The maximum absolute atomic E-state index is 12.9. The molecule has 1 N–H and O–H groups in total. The molecule has 0 saturated carbocycles. The molecule has 0 aliphatic carbocycles. The number of hydrogen-bond donors (Lipinski definition) is 1. The van der Waals surface area contributed by atoms with Crippen LogP contribution in [0.5, 0.6) is 0 Å². The molecule has 3 atom stereocenters. The summed E-state index contributed by atoms with van der Waals surface area (Å²) >= 11 is 0. The summed E-state index contributed by atoms with van der Waals surface area (Å²) in [6.45, 7) is -0.0520. The highest BCUT2D eigenvalue weighted by Crippen LogP contribution is 2.33. The van der Waals surface area contributed by atoms with Crippen molar-refractivity contribution in [2.24, 2.45) is 0 Å². The third kappa shape index (κ3) is 6.41. The Kier molecular flexibility index (Phi) is 8.14. The number of ether oxygens (including phenoxy) is 3. The second-order valence-electron chi connectivity index (χ2n) is 9.91. The molecule has 0 bridgehead atoms. The van der Waals surface area contributed by atoms with Gasteiger partial charge in [0.1, 0.15) is 25.3 Å². The van der Waals surface area contributed by atoms with Crippen LogP contribution in [0.4, 0.5) is 5.82 Å². The first-order valence-corrected chi connectivity index (χ1v) is 13.7. The van der Waals surface area contributed by atoms with Gasteiger partial charge >= 0.3 is 11.9 Å². The third-order valence-corrected chi connectivity index (χ3v) is 6.97. The van der Waals surface area contributed by atoms with Crippen LogP contribution in [0.3, 0.4) is 0 Å². The number of imidazole rings is 1. The molecule has 1 aliphatic rings. The lowest BCUT2D eigenvalue weighted by atomic mass is 10.0. The zero-order chi connectivity index (χ0) is 29.6. The lowest BCUT2D eigenvalue weighted by Crippen LogP contribution is -2.39. The molecule has 0 spiro atoms. The van der Waals surface area contributed by atoms with Crippen LogP contribution in [0.1, 0.15) is 50.1 Å². The number of esters is 2. The van der Waals surface area contributed by atoms with Crippen LogP contribution in [-0.4, -0.2) is 56.2 Å². The van der Waals surface area contributed by atoms with Crippen molar-refractivity contribution in [3.63, 3.8) is 0 Å². The van der Waals surface area contributed by atoms with Gasteiger partial charge in [-0.15, -0.1) is 0 Å². The Morgan fingerprint density at radius 1 is 0.791 bits per heavy atom. The molecule has 11 heteroatoms. The van der Waals surface area contributed by atoms with Gasteiger partial charge in [0.25, 0.3) is 5.91 Å². The normalized spacial score (nSPS) is 18.1. The highest BCUT2D eigenvalue weighted by Gasteiger charge is 2.35. The summed E-state index contributed by atoms with van der Waals surface area (Å²) in [5.74, 6) is -1.04. The van der Waals surface area contributed by atoms with Crippen LogP contribution in [0.15, 0.2) is 104 Å². The summed E-state index contributed by atoms with van der Waals surface area (Å²) in [6.07, 6.45) is 1.67. The van der Waals surface area contributed by atoms with Crippen LogP contribution in [0, 0.1) is 0 Å². The van der Waals surface area contributed by atoms with Gasteiger partial charge < -0.3 is 19.5 Å². The largest absolute Gasteiger partial charge is 0.459 e. The second-order valence-corrected chi connectivity index (χ2v) is 9.91. The molecule has 3 aromatic carbocycles. The Morgan fingerprint density at radius 3 is 2.09 bits per heavy atom. The Bertz CT molecular complexity index is 1730. The Hall–Kier alpha value is -5.42. The number of anilines is 1. The van der Waals surface area contributed by atoms with Gasteiger partial charge in [-0.1, -0.05) is 54.6 Å². The Morgan fingerprint density at radius 2 is 1.42 bits per heavy atom. The van der Waals surface area contributed by atoms with Crippen LogP contribution in [-0.2, 0) is 14.2 Å². The highest BCUT2D eigenvalue weighted by atomic mass is 16.6. The molecule has 5 aromatic rings. The molecule has 0 radical (unpaired) electrons. The number of nitrogens with one attached hydrogen (secondary N) is 1. The molecule has 2 aromatic heterocycles. The van der Waals surface area contributed by atoms with Gasteiger partial charge in [-0.25, -0.2) is 24.5 Å². The van der Waals surface area contributed by atoms with Crippen LogP contribution in [0.2, 0.25) is 0 Å². The molecule has 6 rings (SSSR count). The molecular formula is C32H27N5O6. The van der Waals surface area contributed by atoms with Gasteiger partial charge in [-0.3, -0.25) is 9.36 Å². The number of rotatable bonds is 8. The molecule has 3 heterocycles. The number of benzene rings is 3. The van der Waals surface area contributed by atoms with Crippen molar-refractivity contribution >= 4 is 34.8 Å². The number of hydrogen-bond acceptors (Lipinski definition) is 9. The van der Waals surface area contributed by atoms with Crippen molar-refractivity contribution in [3.05, 3.63) is 120 Å². The third-order valence-electron chi connectivity index (χ3n) is 6.97. The number of carbonyl (C=O) groups excluding carboxylic acids is 3. The smallest absolute Gasteiger partial charge is 0.338 e. The van der Waals surface area contributed by atoms with E-state index in [1.165, 1.54) is 12.7 Å². The van der Waals surface area contributed by atoms with Gasteiger partial charge in [0.15, 0.2) is 17.0 Å². The first-order chi connectivity index (χ1) is 21.0. The average molecular weight is 578 g/mol. The standard InChI is InChI=1S/C32H27N5O6/c38-30(21-10-4-1-5-11-21)36-28-27-29(34-19-33-28)37(20-35-27)26-17-24(43-32(40)23-14-8-3-9-15-23)16-25(42-26)18-41-31(39)22-12-6-2-7-13-22/h1-15,19-20,24-26H,16-18H2,(H,33,34,36,38)/t24-,25+,26+/m1/s1. The predicted molar refractivity (Wildman–Crippen MR) is 155 cm³/mol. The summed E-state index contributed by atoms with van der Waals surface area (Å²) in [5, 5.41) is 2.79. The zero-order valence-electron chi connectivity index (χ0n) is 22.9. The number of nitrogens with zero attached hydrogens (tertiary/aromatic N) is 4. The highest BCUT2D eigenvalue weighted by molar-refractivity contribution is 6.06. The van der Waals surface area contributed by atoms with Gasteiger partial charge in [0.2, 0.25) is 0 Å². The Balaban J connectivity index is 1.23. The zero-order valence-corrected chi connectivity index (χ0v) is 22.9. The van der Waals surface area contributed by atoms with Crippen molar-refractivity contribution in [3.8, 4) is 0 Å². The van der Waals surface area contributed by atoms with Crippen molar-refractivity contribution in [1.82, 2.24) is 19.5 Å². The van der Waals surface area contributed by atoms with E-state index in [2.05, 4.69) is 20.3 Å². The summed E-state index contributed by atoms with van der Waals surface area (Å²) < 4.78 is 19.5. The number of aromatic nitrogens is 4. The lowest BCUT2D eigenvalue weighted by molar-refractivity contribution is -0.143. The minimum atomic E-state index is -0.666. The fourth-order valence-electron chi connectivity index (χ4n) is 4.87. The van der Waals surface area contributed by atoms with E-state index in [4.69, 9.17) is 14.2 Å². The fourth-order valence-corrected chi connectivity index (χ4v) is 4.87. The van der Waals surface area contributed by atoms with Crippen LogP contribution in [0.25, 0.3) is 11.2 Å². The number of fused-ring (bicyclic) bond motifs is 1. The summed E-state index contributed by atoms with van der Waals surface area (Å²) in [7, 11) is 0. The predicted octanol–water partition coefficient (Wildman–Crippen LogP) is 4.84. The molecule has 0 unspecified atom stereocenters. The minimum Gasteiger partial charge on any atom is -0.459 e. The molecule has 1 fully saturated rings. The van der Waals surface area contributed by atoms with Gasteiger partial charge in [0, 0.05) is 18.4 Å². The van der Waals surface area contributed by atoms with E-state index in [0.29, 0.717) is 40.7 Å². The maximum atomic E-state index is 12.9. The van der Waals surface area contributed by atoms with Crippen molar-refractivity contribution in [2.45, 2.75) is 31.3 Å². The van der Waals surface area contributed by atoms with Gasteiger partial charge in [-0.05, 0) is 36.4 Å².